The standard InChI is InChI=1S/C20H26N2/c1-2-5-14(6-3-1)15-9-10-19-17(13-15)16-7-4-8-18-20(16)22(19)12-11-21-18/h9-10,13-14,18,21H,1-8,11-12H2/t18-/m0/s1. The van der Waals surface area contributed by atoms with E-state index in [0.717, 1.165) is 19.0 Å². The number of nitrogens with one attached hydrogen (secondary N) is 1. The van der Waals surface area contributed by atoms with Crippen LogP contribution in [0, 0.1) is 0 Å². The lowest BCUT2D eigenvalue weighted by Crippen LogP contribution is -2.35. The van der Waals surface area contributed by atoms with Crippen LogP contribution < -0.4 is 5.32 Å². The van der Waals surface area contributed by atoms with E-state index in [1.807, 2.05) is 0 Å². The van der Waals surface area contributed by atoms with E-state index in [1.54, 1.807) is 22.2 Å². The van der Waals surface area contributed by atoms with E-state index in [-0.39, 0.29) is 0 Å². The molecule has 1 aromatic heterocycles. The zero-order valence-electron chi connectivity index (χ0n) is 13.4. The first-order valence-corrected chi connectivity index (χ1v) is 9.30. The number of rotatable bonds is 1. The third-order valence-electron chi connectivity index (χ3n) is 6.29. The highest BCUT2D eigenvalue weighted by Crippen LogP contribution is 2.41. The first-order valence-electron chi connectivity index (χ1n) is 9.30. The second-order valence-corrected chi connectivity index (χ2v) is 7.53. The summed E-state index contributed by atoms with van der Waals surface area (Å²) in [5.74, 6) is 0.819. The van der Waals surface area contributed by atoms with Crippen molar-refractivity contribution in [2.75, 3.05) is 6.54 Å². The Labute approximate surface area is 132 Å². The molecule has 1 aromatic carbocycles. The second kappa shape index (κ2) is 5.13. The largest absolute Gasteiger partial charge is 0.342 e. The third-order valence-corrected chi connectivity index (χ3v) is 6.29. The minimum absolute atomic E-state index is 0.614. The van der Waals surface area contributed by atoms with Gasteiger partial charge in [-0.1, -0.05) is 25.3 Å². The van der Waals surface area contributed by atoms with Crippen molar-refractivity contribution < 1.29 is 0 Å². The molecular weight excluding hydrogens is 268 g/mol. The number of nitrogens with zero attached hydrogens (tertiary/aromatic N) is 1. The summed E-state index contributed by atoms with van der Waals surface area (Å²) in [6.45, 7) is 2.27. The van der Waals surface area contributed by atoms with Crippen molar-refractivity contribution in [3.05, 3.63) is 35.0 Å². The van der Waals surface area contributed by atoms with E-state index in [2.05, 4.69) is 28.1 Å². The molecule has 2 heteroatoms. The molecule has 3 aliphatic rings. The lowest BCUT2D eigenvalue weighted by atomic mass is 9.83. The molecule has 1 atom stereocenters. The Kier molecular flexibility index (Phi) is 3.07. The highest BCUT2D eigenvalue weighted by molar-refractivity contribution is 5.87. The van der Waals surface area contributed by atoms with Crippen LogP contribution in [-0.4, -0.2) is 11.1 Å². The quantitative estimate of drug-likeness (QED) is 0.808. The molecule has 0 amide bonds. The Balaban J connectivity index is 1.66. The van der Waals surface area contributed by atoms with Crippen LogP contribution in [0.1, 0.15) is 73.7 Å². The molecule has 0 saturated heterocycles. The average molecular weight is 294 g/mol. The zero-order chi connectivity index (χ0) is 14.5. The van der Waals surface area contributed by atoms with Gasteiger partial charge in [0, 0.05) is 35.7 Å². The van der Waals surface area contributed by atoms with Crippen LogP contribution in [0.2, 0.25) is 0 Å². The molecule has 0 unspecified atom stereocenters. The molecule has 116 valence electrons. The van der Waals surface area contributed by atoms with Crippen LogP contribution in [0.4, 0.5) is 0 Å². The van der Waals surface area contributed by atoms with E-state index < -0.39 is 0 Å². The molecule has 1 aliphatic heterocycles. The first kappa shape index (κ1) is 13.2. The van der Waals surface area contributed by atoms with Gasteiger partial charge in [-0.2, -0.15) is 0 Å². The number of aromatic nitrogens is 1. The Bertz CT molecular complexity index is 704. The third kappa shape index (κ3) is 1.89. The fraction of sp³-hybridized carbons (Fsp3) is 0.600. The summed E-state index contributed by atoms with van der Waals surface area (Å²) < 4.78 is 2.62. The molecule has 2 aliphatic carbocycles. The number of benzene rings is 1. The molecule has 1 N–H and O–H groups in total. The predicted octanol–water partition coefficient (Wildman–Crippen LogP) is 4.67. The van der Waals surface area contributed by atoms with Gasteiger partial charge < -0.3 is 9.88 Å². The van der Waals surface area contributed by atoms with Gasteiger partial charge in [-0.3, -0.25) is 0 Å². The Morgan fingerprint density at radius 1 is 1.00 bits per heavy atom. The van der Waals surface area contributed by atoms with Gasteiger partial charge in [0.05, 0.1) is 0 Å². The van der Waals surface area contributed by atoms with Crippen LogP contribution in [-0.2, 0) is 13.0 Å². The number of aryl methyl sites for hydroxylation is 1. The molecule has 0 radical (unpaired) electrons. The molecule has 5 rings (SSSR count). The number of hydrogen-bond acceptors (Lipinski definition) is 1. The summed E-state index contributed by atoms with van der Waals surface area (Å²) in [5, 5.41) is 5.31. The van der Waals surface area contributed by atoms with Crippen LogP contribution in [0.5, 0.6) is 0 Å². The van der Waals surface area contributed by atoms with Crippen molar-refractivity contribution in [1.29, 1.82) is 0 Å². The van der Waals surface area contributed by atoms with Crippen LogP contribution in [0.15, 0.2) is 18.2 Å². The second-order valence-electron chi connectivity index (χ2n) is 7.53. The van der Waals surface area contributed by atoms with E-state index >= 15 is 0 Å². The topological polar surface area (TPSA) is 17.0 Å². The van der Waals surface area contributed by atoms with E-state index in [1.165, 1.54) is 56.9 Å². The lowest BCUT2D eigenvalue weighted by Gasteiger charge is -2.31. The smallest absolute Gasteiger partial charge is 0.0486 e. The van der Waals surface area contributed by atoms with Crippen LogP contribution in [0.25, 0.3) is 10.9 Å². The van der Waals surface area contributed by atoms with Gasteiger partial charge in [0.1, 0.15) is 0 Å². The molecular formula is C20H26N2. The van der Waals surface area contributed by atoms with Gasteiger partial charge >= 0.3 is 0 Å². The van der Waals surface area contributed by atoms with Crippen molar-refractivity contribution in [1.82, 2.24) is 9.88 Å². The van der Waals surface area contributed by atoms with E-state index in [4.69, 9.17) is 0 Å². The summed E-state index contributed by atoms with van der Waals surface area (Å²) in [6.07, 6.45) is 11.0. The number of fused-ring (bicyclic) bond motifs is 3. The maximum absolute atomic E-state index is 3.74. The Hall–Kier alpha value is -1.28. The number of hydrogen-bond donors (Lipinski definition) is 1. The van der Waals surface area contributed by atoms with Crippen molar-refractivity contribution >= 4 is 10.9 Å². The molecule has 0 spiro atoms. The zero-order valence-corrected chi connectivity index (χ0v) is 13.4. The minimum Gasteiger partial charge on any atom is -0.342 e. The summed E-state index contributed by atoms with van der Waals surface area (Å²) in [5.41, 5.74) is 6.39. The highest BCUT2D eigenvalue weighted by Gasteiger charge is 2.30. The van der Waals surface area contributed by atoms with Gasteiger partial charge in [-0.05, 0) is 61.3 Å². The lowest BCUT2D eigenvalue weighted by molar-refractivity contribution is 0.384. The maximum atomic E-state index is 3.74. The summed E-state index contributed by atoms with van der Waals surface area (Å²) in [4.78, 5) is 0. The highest BCUT2D eigenvalue weighted by atomic mass is 15.1. The molecule has 2 nitrogen and oxygen atoms in total. The van der Waals surface area contributed by atoms with Gasteiger partial charge in [0.2, 0.25) is 0 Å². The predicted molar refractivity (Wildman–Crippen MR) is 91.4 cm³/mol. The Morgan fingerprint density at radius 2 is 1.91 bits per heavy atom. The SMILES string of the molecule is c1cc2c(cc1C1CCCCC1)c1c3n2CCN[C@H]3CCC1. The molecule has 1 fully saturated rings. The Morgan fingerprint density at radius 3 is 2.82 bits per heavy atom. The molecule has 0 bridgehead atoms. The normalized spacial score (nSPS) is 25.4. The average Bonchev–Trinajstić information content (AvgIpc) is 2.92. The fourth-order valence-electron chi connectivity index (χ4n) is 5.22. The van der Waals surface area contributed by atoms with Crippen molar-refractivity contribution in [3.8, 4) is 0 Å². The van der Waals surface area contributed by atoms with E-state index in [9.17, 15) is 0 Å². The molecule has 2 aromatic rings. The van der Waals surface area contributed by atoms with Gasteiger partial charge in [-0.15, -0.1) is 0 Å². The fourth-order valence-corrected chi connectivity index (χ4v) is 5.22. The summed E-state index contributed by atoms with van der Waals surface area (Å²) in [6, 6.07) is 8.04. The van der Waals surface area contributed by atoms with Crippen LogP contribution >= 0.6 is 0 Å². The maximum Gasteiger partial charge on any atom is 0.0486 e. The van der Waals surface area contributed by atoms with Gasteiger partial charge in [0.25, 0.3) is 0 Å². The van der Waals surface area contributed by atoms with Gasteiger partial charge in [0.15, 0.2) is 0 Å². The summed E-state index contributed by atoms with van der Waals surface area (Å²) >= 11 is 0. The van der Waals surface area contributed by atoms with Crippen molar-refractivity contribution in [3.63, 3.8) is 0 Å². The molecule has 22 heavy (non-hydrogen) atoms. The van der Waals surface area contributed by atoms with Crippen molar-refractivity contribution in [2.24, 2.45) is 0 Å². The summed E-state index contributed by atoms with van der Waals surface area (Å²) in [7, 11) is 0. The van der Waals surface area contributed by atoms with Crippen LogP contribution in [0.3, 0.4) is 0 Å². The molecule has 1 saturated carbocycles. The minimum atomic E-state index is 0.614. The van der Waals surface area contributed by atoms with Gasteiger partial charge in [-0.25, -0.2) is 0 Å². The van der Waals surface area contributed by atoms with Crippen molar-refractivity contribution in [2.45, 2.75) is 69.9 Å². The molecule has 2 heterocycles. The first-order chi connectivity index (χ1) is 10.9. The van der Waals surface area contributed by atoms with E-state index in [0.29, 0.717) is 6.04 Å². The monoisotopic (exact) mass is 294 g/mol.